The second kappa shape index (κ2) is 5.61. The molecule has 0 amide bonds. The van der Waals surface area contributed by atoms with Crippen LogP contribution in [0.15, 0.2) is 11.6 Å². The van der Waals surface area contributed by atoms with Gasteiger partial charge in [-0.1, -0.05) is 6.92 Å². The molecule has 1 aromatic heterocycles. The second-order valence-corrected chi connectivity index (χ2v) is 5.30. The minimum atomic E-state index is 0.773. The van der Waals surface area contributed by atoms with E-state index in [9.17, 15) is 0 Å². The summed E-state index contributed by atoms with van der Waals surface area (Å²) < 4.78 is 0. The van der Waals surface area contributed by atoms with Crippen LogP contribution in [0.3, 0.4) is 0 Å². The Morgan fingerprint density at radius 3 is 3.07 bits per heavy atom. The van der Waals surface area contributed by atoms with E-state index in [-0.39, 0.29) is 0 Å². The molecule has 1 atom stereocenters. The van der Waals surface area contributed by atoms with Gasteiger partial charge in [-0.2, -0.15) is 0 Å². The summed E-state index contributed by atoms with van der Waals surface area (Å²) in [6.07, 6.45) is 8.54. The summed E-state index contributed by atoms with van der Waals surface area (Å²) in [6.45, 7) is 3.31. The summed E-state index contributed by atoms with van der Waals surface area (Å²) in [5.41, 5.74) is 0. The van der Waals surface area contributed by atoms with Crippen LogP contribution >= 0.6 is 11.3 Å². The molecule has 0 aromatic carbocycles. The number of hydrogen-bond acceptors (Lipinski definition) is 3. The van der Waals surface area contributed by atoms with Crippen molar-refractivity contribution in [3.05, 3.63) is 16.6 Å². The highest BCUT2D eigenvalue weighted by Gasteiger charge is 2.29. The van der Waals surface area contributed by atoms with Gasteiger partial charge in [0.05, 0.1) is 5.01 Å². The highest BCUT2D eigenvalue weighted by atomic mass is 32.1. The van der Waals surface area contributed by atoms with Crippen molar-refractivity contribution in [3.8, 4) is 0 Å². The number of nitrogens with one attached hydrogen (secondary N) is 1. The van der Waals surface area contributed by atoms with E-state index in [1.165, 1.54) is 30.7 Å². The Hall–Kier alpha value is -0.410. The van der Waals surface area contributed by atoms with Crippen molar-refractivity contribution in [2.45, 2.75) is 45.1 Å². The number of aryl methyl sites for hydroxylation is 1. The smallest absolute Gasteiger partial charge is 0.0924 e. The zero-order chi connectivity index (χ0) is 10.5. The lowest BCUT2D eigenvalue weighted by Crippen LogP contribution is -2.30. The van der Waals surface area contributed by atoms with Gasteiger partial charge >= 0.3 is 0 Å². The first kappa shape index (κ1) is 11.1. The normalized spacial score (nSPS) is 17.9. The predicted molar refractivity (Wildman–Crippen MR) is 65.2 cm³/mol. The lowest BCUT2D eigenvalue weighted by atomic mass is 10.1. The number of nitrogens with zero attached hydrogens (tertiary/aromatic N) is 1. The fourth-order valence-electron chi connectivity index (χ4n) is 2.11. The molecule has 1 aliphatic carbocycles. The molecule has 1 aromatic rings. The zero-order valence-corrected chi connectivity index (χ0v) is 10.2. The van der Waals surface area contributed by atoms with Crippen molar-refractivity contribution in [2.24, 2.45) is 5.92 Å². The van der Waals surface area contributed by atoms with Crippen molar-refractivity contribution in [1.82, 2.24) is 10.3 Å². The molecule has 1 aliphatic rings. The van der Waals surface area contributed by atoms with Crippen molar-refractivity contribution in [2.75, 3.05) is 6.54 Å². The van der Waals surface area contributed by atoms with E-state index in [2.05, 4.69) is 22.6 Å². The van der Waals surface area contributed by atoms with Gasteiger partial charge in [-0.3, -0.25) is 0 Å². The summed E-state index contributed by atoms with van der Waals surface area (Å²) in [6, 6.07) is 0.773. The quantitative estimate of drug-likeness (QED) is 0.770. The van der Waals surface area contributed by atoms with E-state index in [0.717, 1.165) is 24.9 Å². The number of aromatic nitrogens is 1. The van der Waals surface area contributed by atoms with Crippen LogP contribution in [-0.4, -0.2) is 17.6 Å². The van der Waals surface area contributed by atoms with Gasteiger partial charge in [0.1, 0.15) is 0 Å². The molecule has 84 valence electrons. The third-order valence-electron chi connectivity index (χ3n) is 3.05. The Balaban J connectivity index is 1.66. The second-order valence-electron chi connectivity index (χ2n) is 4.32. The monoisotopic (exact) mass is 224 g/mol. The minimum Gasteiger partial charge on any atom is -0.314 e. The van der Waals surface area contributed by atoms with Gasteiger partial charge in [-0.25, -0.2) is 4.98 Å². The van der Waals surface area contributed by atoms with Crippen LogP contribution in [0.1, 0.15) is 37.6 Å². The molecule has 15 heavy (non-hydrogen) atoms. The largest absolute Gasteiger partial charge is 0.314 e. The van der Waals surface area contributed by atoms with Gasteiger partial charge in [-0.05, 0) is 44.6 Å². The number of thiazole rings is 1. The molecule has 0 radical (unpaired) electrons. The molecule has 0 spiro atoms. The maximum absolute atomic E-state index is 4.32. The Bertz CT molecular complexity index is 267. The van der Waals surface area contributed by atoms with Gasteiger partial charge in [0, 0.05) is 17.6 Å². The average Bonchev–Trinajstić information content (AvgIpc) is 2.96. The molecule has 1 N–H and O–H groups in total. The maximum Gasteiger partial charge on any atom is 0.0924 e. The summed E-state index contributed by atoms with van der Waals surface area (Å²) in [5.74, 6) is 0.973. The molecular formula is C12H20N2S. The standard InChI is InChI=1S/C12H20N2S/c1-2-13-11(10-6-7-10)4-3-5-12-14-8-9-15-12/h8-11,13H,2-7H2,1H3. The van der Waals surface area contributed by atoms with E-state index < -0.39 is 0 Å². The predicted octanol–water partition coefficient (Wildman–Crippen LogP) is 2.85. The van der Waals surface area contributed by atoms with Crippen molar-refractivity contribution < 1.29 is 0 Å². The van der Waals surface area contributed by atoms with Crippen molar-refractivity contribution >= 4 is 11.3 Å². The number of hydrogen-bond donors (Lipinski definition) is 1. The molecule has 1 heterocycles. The van der Waals surface area contributed by atoms with Crippen LogP contribution in [0.5, 0.6) is 0 Å². The van der Waals surface area contributed by atoms with E-state index in [1.807, 2.05) is 6.20 Å². The third kappa shape index (κ3) is 3.58. The van der Waals surface area contributed by atoms with E-state index in [4.69, 9.17) is 0 Å². The highest BCUT2D eigenvalue weighted by Crippen LogP contribution is 2.34. The van der Waals surface area contributed by atoms with E-state index in [0.29, 0.717) is 0 Å². The minimum absolute atomic E-state index is 0.773. The van der Waals surface area contributed by atoms with E-state index >= 15 is 0 Å². The van der Waals surface area contributed by atoms with Crippen molar-refractivity contribution in [1.29, 1.82) is 0 Å². The fourth-order valence-corrected chi connectivity index (χ4v) is 2.78. The molecule has 0 aliphatic heterocycles. The Morgan fingerprint density at radius 2 is 2.47 bits per heavy atom. The van der Waals surface area contributed by atoms with Gasteiger partial charge < -0.3 is 5.32 Å². The van der Waals surface area contributed by atoms with Gasteiger partial charge in [0.25, 0.3) is 0 Å². The molecule has 1 unspecified atom stereocenters. The van der Waals surface area contributed by atoms with Crippen LogP contribution < -0.4 is 5.32 Å². The zero-order valence-electron chi connectivity index (χ0n) is 9.41. The molecule has 3 heteroatoms. The van der Waals surface area contributed by atoms with Crippen LogP contribution in [-0.2, 0) is 6.42 Å². The Morgan fingerprint density at radius 1 is 1.60 bits per heavy atom. The lowest BCUT2D eigenvalue weighted by Gasteiger charge is -2.16. The van der Waals surface area contributed by atoms with Crippen LogP contribution in [0, 0.1) is 5.92 Å². The summed E-state index contributed by atoms with van der Waals surface area (Å²) in [7, 11) is 0. The average molecular weight is 224 g/mol. The first-order valence-electron chi connectivity index (χ1n) is 6.02. The summed E-state index contributed by atoms with van der Waals surface area (Å²) in [5, 5.41) is 6.97. The van der Waals surface area contributed by atoms with Crippen LogP contribution in [0.2, 0.25) is 0 Å². The van der Waals surface area contributed by atoms with Crippen LogP contribution in [0.25, 0.3) is 0 Å². The van der Waals surface area contributed by atoms with Gasteiger partial charge in [-0.15, -0.1) is 11.3 Å². The van der Waals surface area contributed by atoms with Gasteiger partial charge in [0.15, 0.2) is 0 Å². The van der Waals surface area contributed by atoms with Gasteiger partial charge in [0.2, 0.25) is 0 Å². The molecule has 1 saturated carbocycles. The highest BCUT2D eigenvalue weighted by molar-refractivity contribution is 7.09. The topological polar surface area (TPSA) is 24.9 Å². The Labute approximate surface area is 96.1 Å². The number of rotatable bonds is 7. The third-order valence-corrected chi connectivity index (χ3v) is 3.89. The van der Waals surface area contributed by atoms with Crippen molar-refractivity contribution in [3.63, 3.8) is 0 Å². The molecule has 1 fully saturated rings. The molecule has 0 saturated heterocycles. The summed E-state index contributed by atoms with van der Waals surface area (Å²) in [4.78, 5) is 4.32. The Kier molecular flexibility index (Phi) is 4.15. The maximum atomic E-state index is 4.32. The first-order valence-corrected chi connectivity index (χ1v) is 6.90. The SMILES string of the molecule is CCNC(CCCc1nccs1)C1CC1. The van der Waals surface area contributed by atoms with Crippen LogP contribution in [0.4, 0.5) is 0 Å². The fraction of sp³-hybridized carbons (Fsp3) is 0.750. The molecular weight excluding hydrogens is 204 g/mol. The molecule has 2 rings (SSSR count). The summed E-state index contributed by atoms with van der Waals surface area (Å²) >= 11 is 1.78. The molecule has 0 bridgehead atoms. The van der Waals surface area contributed by atoms with E-state index in [1.54, 1.807) is 11.3 Å². The lowest BCUT2D eigenvalue weighted by molar-refractivity contribution is 0.434. The molecule has 2 nitrogen and oxygen atoms in total. The first-order chi connectivity index (χ1) is 7.40.